The summed E-state index contributed by atoms with van der Waals surface area (Å²) in [4.78, 5) is 6.37. The van der Waals surface area contributed by atoms with E-state index in [1.807, 2.05) is 11.3 Å². The van der Waals surface area contributed by atoms with Gasteiger partial charge in [0, 0.05) is 23.0 Å². The van der Waals surface area contributed by atoms with Gasteiger partial charge in [-0.3, -0.25) is 0 Å². The van der Waals surface area contributed by atoms with E-state index in [-0.39, 0.29) is 5.41 Å². The van der Waals surface area contributed by atoms with Crippen LogP contribution < -0.4 is 5.32 Å². The highest BCUT2D eigenvalue weighted by atomic mass is 32.1. The number of nitrogens with zero attached hydrogens (tertiary/aromatic N) is 1. The Bertz CT molecular complexity index is 653. The Morgan fingerprint density at radius 1 is 1.30 bits per heavy atom. The number of fused-ring (bicyclic) bond motifs is 3. The first-order valence-electron chi connectivity index (χ1n) is 7.45. The fourth-order valence-corrected chi connectivity index (χ4v) is 4.36. The standard InChI is InChI=1S/C17H20N2S/c1-17(2)9-14-16(12-5-3-4-6-13(12)17)19-15(20-14)10-18-11-7-8-11/h3-6,11,18H,7-10H2,1-2H3. The van der Waals surface area contributed by atoms with Gasteiger partial charge in [-0.25, -0.2) is 4.98 Å². The lowest BCUT2D eigenvalue weighted by atomic mass is 9.74. The maximum atomic E-state index is 4.91. The van der Waals surface area contributed by atoms with Crippen molar-refractivity contribution in [3.05, 3.63) is 39.7 Å². The van der Waals surface area contributed by atoms with Crippen LogP contribution in [0, 0.1) is 0 Å². The van der Waals surface area contributed by atoms with Crippen LogP contribution in [0.15, 0.2) is 24.3 Å². The van der Waals surface area contributed by atoms with Crippen molar-refractivity contribution >= 4 is 11.3 Å². The normalized spacial score (nSPS) is 19.5. The van der Waals surface area contributed by atoms with Gasteiger partial charge < -0.3 is 5.32 Å². The third kappa shape index (κ3) is 2.09. The highest BCUT2D eigenvalue weighted by Crippen LogP contribution is 2.44. The molecule has 2 nitrogen and oxygen atoms in total. The molecule has 0 bridgehead atoms. The molecule has 1 saturated carbocycles. The molecule has 2 aliphatic rings. The van der Waals surface area contributed by atoms with E-state index in [0.29, 0.717) is 0 Å². The molecule has 1 aromatic heterocycles. The summed E-state index contributed by atoms with van der Waals surface area (Å²) in [7, 11) is 0. The fourth-order valence-electron chi connectivity index (χ4n) is 3.10. The molecule has 1 fully saturated rings. The molecular weight excluding hydrogens is 264 g/mol. The maximum absolute atomic E-state index is 4.91. The molecule has 0 atom stereocenters. The van der Waals surface area contributed by atoms with Gasteiger partial charge in [-0.15, -0.1) is 11.3 Å². The average Bonchev–Trinajstić information content (AvgIpc) is 3.17. The Morgan fingerprint density at radius 3 is 2.90 bits per heavy atom. The van der Waals surface area contributed by atoms with Crippen LogP contribution in [0.3, 0.4) is 0 Å². The van der Waals surface area contributed by atoms with Gasteiger partial charge in [0.1, 0.15) is 5.01 Å². The van der Waals surface area contributed by atoms with Crippen LogP contribution in [0.4, 0.5) is 0 Å². The second-order valence-corrected chi connectivity index (χ2v) is 7.81. The molecule has 0 saturated heterocycles. The average molecular weight is 284 g/mol. The molecule has 0 aliphatic heterocycles. The summed E-state index contributed by atoms with van der Waals surface area (Å²) in [6, 6.07) is 9.52. The topological polar surface area (TPSA) is 24.9 Å². The molecule has 1 aromatic carbocycles. The summed E-state index contributed by atoms with van der Waals surface area (Å²) in [6.45, 7) is 5.62. The van der Waals surface area contributed by atoms with Crippen molar-refractivity contribution in [2.24, 2.45) is 0 Å². The molecule has 1 N–H and O–H groups in total. The monoisotopic (exact) mass is 284 g/mol. The minimum absolute atomic E-state index is 0.220. The number of benzene rings is 1. The number of nitrogens with one attached hydrogen (secondary N) is 1. The Kier molecular flexibility index (Phi) is 2.76. The van der Waals surface area contributed by atoms with E-state index in [1.165, 1.54) is 39.5 Å². The second-order valence-electron chi connectivity index (χ2n) is 6.64. The molecule has 0 unspecified atom stereocenters. The molecule has 3 heteroatoms. The van der Waals surface area contributed by atoms with E-state index in [1.54, 1.807) is 0 Å². The van der Waals surface area contributed by atoms with Crippen molar-refractivity contribution in [3.63, 3.8) is 0 Å². The number of rotatable bonds is 3. The molecule has 1 heterocycles. The van der Waals surface area contributed by atoms with Gasteiger partial charge >= 0.3 is 0 Å². The molecule has 0 spiro atoms. The van der Waals surface area contributed by atoms with Crippen LogP contribution in [-0.2, 0) is 18.4 Å². The predicted octanol–water partition coefficient (Wildman–Crippen LogP) is 3.90. The van der Waals surface area contributed by atoms with Gasteiger partial charge in [0.25, 0.3) is 0 Å². The fraction of sp³-hybridized carbons (Fsp3) is 0.471. The summed E-state index contributed by atoms with van der Waals surface area (Å²) in [6.07, 6.45) is 3.78. The van der Waals surface area contributed by atoms with E-state index in [4.69, 9.17) is 4.98 Å². The van der Waals surface area contributed by atoms with Crippen molar-refractivity contribution < 1.29 is 0 Å². The zero-order valence-electron chi connectivity index (χ0n) is 12.1. The summed E-state index contributed by atoms with van der Waals surface area (Å²) in [5.74, 6) is 0. The highest BCUT2D eigenvalue weighted by molar-refractivity contribution is 7.12. The Morgan fingerprint density at radius 2 is 2.10 bits per heavy atom. The highest BCUT2D eigenvalue weighted by Gasteiger charge is 2.33. The molecule has 104 valence electrons. The smallest absolute Gasteiger partial charge is 0.107 e. The van der Waals surface area contributed by atoms with Gasteiger partial charge in [0.05, 0.1) is 5.69 Å². The number of hydrogen-bond donors (Lipinski definition) is 1. The predicted molar refractivity (Wildman–Crippen MR) is 84.1 cm³/mol. The summed E-state index contributed by atoms with van der Waals surface area (Å²) in [5, 5.41) is 4.82. The molecule has 0 radical (unpaired) electrons. The van der Waals surface area contributed by atoms with Gasteiger partial charge in [-0.2, -0.15) is 0 Å². The summed E-state index contributed by atoms with van der Waals surface area (Å²) >= 11 is 1.90. The quantitative estimate of drug-likeness (QED) is 0.924. The first-order chi connectivity index (χ1) is 9.63. The minimum atomic E-state index is 0.220. The van der Waals surface area contributed by atoms with Crippen molar-refractivity contribution in [1.29, 1.82) is 0 Å². The van der Waals surface area contributed by atoms with Gasteiger partial charge in [-0.1, -0.05) is 38.1 Å². The third-order valence-corrected chi connectivity index (χ3v) is 5.43. The van der Waals surface area contributed by atoms with Crippen molar-refractivity contribution in [1.82, 2.24) is 10.3 Å². The van der Waals surface area contributed by atoms with Crippen LogP contribution in [0.2, 0.25) is 0 Å². The van der Waals surface area contributed by atoms with Crippen LogP contribution in [-0.4, -0.2) is 11.0 Å². The second kappa shape index (κ2) is 4.40. The molecular formula is C17H20N2S. The van der Waals surface area contributed by atoms with Gasteiger partial charge in [0.2, 0.25) is 0 Å². The lowest BCUT2D eigenvalue weighted by Crippen LogP contribution is -2.24. The molecule has 2 aromatic rings. The zero-order valence-corrected chi connectivity index (χ0v) is 12.9. The van der Waals surface area contributed by atoms with Gasteiger partial charge in [0.15, 0.2) is 0 Å². The lowest BCUT2D eigenvalue weighted by molar-refractivity contribution is 0.521. The van der Waals surface area contributed by atoms with E-state index < -0.39 is 0 Å². The van der Waals surface area contributed by atoms with E-state index >= 15 is 0 Å². The number of hydrogen-bond acceptors (Lipinski definition) is 3. The third-order valence-electron chi connectivity index (χ3n) is 4.37. The minimum Gasteiger partial charge on any atom is -0.308 e. The van der Waals surface area contributed by atoms with Crippen molar-refractivity contribution in [2.75, 3.05) is 0 Å². The number of thiazole rings is 1. The molecule has 4 rings (SSSR count). The molecule has 20 heavy (non-hydrogen) atoms. The van der Waals surface area contributed by atoms with Crippen LogP contribution in [0.25, 0.3) is 11.3 Å². The van der Waals surface area contributed by atoms with Crippen LogP contribution in [0.5, 0.6) is 0 Å². The zero-order chi connectivity index (χ0) is 13.7. The largest absolute Gasteiger partial charge is 0.308 e. The maximum Gasteiger partial charge on any atom is 0.107 e. The van der Waals surface area contributed by atoms with E-state index in [0.717, 1.165) is 19.0 Å². The Labute approximate surface area is 124 Å². The van der Waals surface area contributed by atoms with E-state index in [9.17, 15) is 0 Å². The first-order valence-corrected chi connectivity index (χ1v) is 8.27. The number of aromatic nitrogens is 1. The van der Waals surface area contributed by atoms with Crippen LogP contribution in [0.1, 0.15) is 42.1 Å². The molecule has 0 amide bonds. The van der Waals surface area contributed by atoms with Crippen molar-refractivity contribution in [2.45, 2.75) is 51.1 Å². The SMILES string of the molecule is CC1(C)Cc2sc(CNC3CC3)nc2-c2ccccc21. The Balaban J connectivity index is 1.72. The lowest BCUT2D eigenvalue weighted by Gasteiger charge is -2.31. The Hall–Kier alpha value is -1.19. The van der Waals surface area contributed by atoms with Crippen LogP contribution >= 0.6 is 11.3 Å². The first kappa shape index (κ1) is 12.5. The summed E-state index contributed by atoms with van der Waals surface area (Å²) in [5.41, 5.74) is 4.24. The summed E-state index contributed by atoms with van der Waals surface area (Å²) < 4.78 is 0. The van der Waals surface area contributed by atoms with Gasteiger partial charge in [-0.05, 0) is 30.2 Å². The van der Waals surface area contributed by atoms with E-state index in [2.05, 4.69) is 43.4 Å². The molecule has 2 aliphatic carbocycles. The van der Waals surface area contributed by atoms with Crippen molar-refractivity contribution in [3.8, 4) is 11.3 Å².